The fourth-order valence-electron chi connectivity index (χ4n) is 0. The van der Waals surface area contributed by atoms with Gasteiger partial charge in [0, 0.05) is 0 Å². The monoisotopic (exact) mass is 375 g/mol. The SMILES string of the molecule is Br.Br.Br.CCN.CCN.CCN. The Balaban J connectivity index is -0.00000001000. The lowest BCUT2D eigenvalue weighted by atomic mass is 10.8. The van der Waals surface area contributed by atoms with Crippen molar-refractivity contribution in [3.8, 4) is 0 Å². The van der Waals surface area contributed by atoms with Crippen LogP contribution < -0.4 is 17.2 Å². The van der Waals surface area contributed by atoms with Gasteiger partial charge in [-0.05, 0) is 19.6 Å². The third kappa shape index (κ3) is 692. The zero-order valence-electron chi connectivity index (χ0n) is 8.08. The van der Waals surface area contributed by atoms with Gasteiger partial charge in [-0.2, -0.15) is 0 Å². The number of nitrogens with two attached hydrogens (primary N) is 3. The van der Waals surface area contributed by atoms with E-state index >= 15 is 0 Å². The number of hydrogen-bond acceptors (Lipinski definition) is 3. The molecule has 0 amide bonds. The molecule has 0 aliphatic carbocycles. The molecule has 0 unspecified atom stereocenters. The van der Waals surface area contributed by atoms with Crippen LogP contribution in [0.4, 0.5) is 0 Å². The Bertz CT molecular complexity index is 22.8. The van der Waals surface area contributed by atoms with Crippen LogP contribution in [0, 0.1) is 0 Å². The van der Waals surface area contributed by atoms with Crippen LogP contribution in [0.3, 0.4) is 0 Å². The van der Waals surface area contributed by atoms with Gasteiger partial charge in [0.05, 0.1) is 0 Å². The highest BCUT2D eigenvalue weighted by molar-refractivity contribution is 8.93. The van der Waals surface area contributed by atoms with Crippen molar-refractivity contribution < 1.29 is 0 Å². The number of hydrogen-bond donors (Lipinski definition) is 3. The van der Waals surface area contributed by atoms with E-state index in [0.29, 0.717) is 0 Å². The second kappa shape index (κ2) is 84.6. The van der Waals surface area contributed by atoms with Gasteiger partial charge in [0.2, 0.25) is 0 Å². The predicted octanol–water partition coefficient (Wildman–Crippen LogP) is 1.63. The van der Waals surface area contributed by atoms with Crippen molar-refractivity contribution in [3.05, 3.63) is 0 Å². The topological polar surface area (TPSA) is 78.1 Å². The third-order valence-corrected chi connectivity index (χ3v) is 0. The van der Waals surface area contributed by atoms with Crippen LogP contribution in [0.2, 0.25) is 0 Å². The molecule has 84 valence electrons. The van der Waals surface area contributed by atoms with Crippen molar-refractivity contribution >= 4 is 50.9 Å². The zero-order chi connectivity index (χ0) is 8.12. The minimum atomic E-state index is 0. The smallest absolute Gasteiger partial charge is 0.0106 e. The molecule has 0 radical (unpaired) electrons. The molecule has 0 aromatic heterocycles. The summed E-state index contributed by atoms with van der Waals surface area (Å²) in [4.78, 5) is 0. The van der Waals surface area contributed by atoms with Gasteiger partial charge in [-0.25, -0.2) is 0 Å². The first kappa shape index (κ1) is 37.7. The van der Waals surface area contributed by atoms with Gasteiger partial charge >= 0.3 is 0 Å². The summed E-state index contributed by atoms with van der Waals surface area (Å²) in [5, 5.41) is 0. The normalized spacial score (nSPS) is 4.50. The Morgan fingerprint density at radius 2 is 0.583 bits per heavy atom. The molecular formula is C6H24Br3N3. The van der Waals surface area contributed by atoms with Crippen LogP contribution in [0.5, 0.6) is 0 Å². The van der Waals surface area contributed by atoms with Gasteiger partial charge in [-0.3, -0.25) is 0 Å². The molecule has 0 aromatic carbocycles. The quantitative estimate of drug-likeness (QED) is 0.600. The zero-order valence-corrected chi connectivity index (χ0v) is 13.2. The van der Waals surface area contributed by atoms with E-state index < -0.39 is 0 Å². The number of rotatable bonds is 0. The molecule has 0 rings (SSSR count). The summed E-state index contributed by atoms with van der Waals surface area (Å²) in [6, 6.07) is 0. The van der Waals surface area contributed by atoms with Crippen molar-refractivity contribution in [1.82, 2.24) is 0 Å². The fourth-order valence-corrected chi connectivity index (χ4v) is 0. The van der Waals surface area contributed by atoms with E-state index in [1.807, 2.05) is 20.8 Å². The van der Waals surface area contributed by atoms with Crippen molar-refractivity contribution in [2.24, 2.45) is 17.2 Å². The van der Waals surface area contributed by atoms with Crippen molar-refractivity contribution in [2.75, 3.05) is 19.6 Å². The van der Waals surface area contributed by atoms with Crippen molar-refractivity contribution in [1.29, 1.82) is 0 Å². The highest BCUT2D eigenvalue weighted by atomic mass is 79.9. The average Bonchev–Trinajstić information content (AvgIpc) is 1.70. The number of halogens is 3. The summed E-state index contributed by atoms with van der Waals surface area (Å²) in [6.07, 6.45) is 0. The fraction of sp³-hybridized carbons (Fsp3) is 1.00. The summed E-state index contributed by atoms with van der Waals surface area (Å²) < 4.78 is 0. The minimum absolute atomic E-state index is 0. The van der Waals surface area contributed by atoms with Crippen molar-refractivity contribution in [3.63, 3.8) is 0 Å². The molecule has 0 fully saturated rings. The van der Waals surface area contributed by atoms with E-state index in [0.717, 1.165) is 19.6 Å². The molecular weight excluding hydrogens is 354 g/mol. The highest BCUT2D eigenvalue weighted by Crippen LogP contribution is 1.20. The van der Waals surface area contributed by atoms with E-state index in [4.69, 9.17) is 17.2 Å². The van der Waals surface area contributed by atoms with E-state index in [-0.39, 0.29) is 50.9 Å². The summed E-state index contributed by atoms with van der Waals surface area (Å²) in [5.74, 6) is 0. The van der Waals surface area contributed by atoms with Gasteiger partial charge in [-0.15, -0.1) is 50.9 Å². The molecule has 12 heavy (non-hydrogen) atoms. The maximum atomic E-state index is 4.85. The van der Waals surface area contributed by atoms with Gasteiger partial charge in [-0.1, -0.05) is 20.8 Å². The Morgan fingerprint density at radius 3 is 0.583 bits per heavy atom. The molecule has 0 spiro atoms. The van der Waals surface area contributed by atoms with Crippen LogP contribution >= 0.6 is 50.9 Å². The molecule has 3 nitrogen and oxygen atoms in total. The molecule has 0 heterocycles. The molecule has 0 aliphatic heterocycles. The molecule has 0 bridgehead atoms. The average molecular weight is 378 g/mol. The van der Waals surface area contributed by atoms with Gasteiger partial charge in [0.25, 0.3) is 0 Å². The molecule has 6 heteroatoms. The van der Waals surface area contributed by atoms with E-state index in [9.17, 15) is 0 Å². The van der Waals surface area contributed by atoms with Crippen LogP contribution in [0.1, 0.15) is 20.8 Å². The van der Waals surface area contributed by atoms with Crippen LogP contribution in [0.25, 0.3) is 0 Å². The van der Waals surface area contributed by atoms with E-state index in [1.54, 1.807) is 0 Å². The van der Waals surface area contributed by atoms with Crippen LogP contribution in [0.15, 0.2) is 0 Å². The first-order chi connectivity index (χ1) is 4.24. The summed E-state index contributed by atoms with van der Waals surface area (Å²) in [7, 11) is 0. The lowest BCUT2D eigenvalue weighted by Crippen LogP contribution is -1.87. The maximum Gasteiger partial charge on any atom is -0.0106 e. The first-order valence-corrected chi connectivity index (χ1v) is 3.35. The predicted molar refractivity (Wildman–Crippen MR) is 75.2 cm³/mol. The molecule has 0 saturated carbocycles. The Hall–Kier alpha value is 1.32. The van der Waals surface area contributed by atoms with Gasteiger partial charge in [0.1, 0.15) is 0 Å². The Labute approximate surface area is 108 Å². The molecule has 0 aliphatic rings. The summed E-state index contributed by atoms with van der Waals surface area (Å²) in [6.45, 7) is 7.96. The Kier molecular flexibility index (Phi) is 266. The first-order valence-electron chi connectivity index (χ1n) is 3.35. The minimum Gasteiger partial charge on any atom is -0.331 e. The highest BCUT2D eigenvalue weighted by Gasteiger charge is 1.33. The molecule has 6 N–H and O–H groups in total. The Morgan fingerprint density at radius 1 is 0.583 bits per heavy atom. The van der Waals surface area contributed by atoms with Gasteiger partial charge < -0.3 is 17.2 Å². The van der Waals surface area contributed by atoms with E-state index in [2.05, 4.69) is 0 Å². The largest absolute Gasteiger partial charge is 0.331 e. The summed E-state index contributed by atoms with van der Waals surface area (Å²) >= 11 is 0. The lowest BCUT2D eigenvalue weighted by molar-refractivity contribution is 1.14. The second-order valence-electron chi connectivity index (χ2n) is 1.22. The lowest BCUT2D eigenvalue weighted by Gasteiger charge is -1.53. The van der Waals surface area contributed by atoms with Gasteiger partial charge in [0.15, 0.2) is 0 Å². The molecule has 0 aromatic rings. The maximum absolute atomic E-state index is 4.85. The third-order valence-electron chi connectivity index (χ3n) is 0. The van der Waals surface area contributed by atoms with Crippen molar-refractivity contribution in [2.45, 2.75) is 20.8 Å². The standard InChI is InChI=1S/3C2H7N.3BrH/c3*1-2-3;;;/h3*2-3H2,1H3;3*1H. The molecule has 0 saturated heterocycles. The van der Waals surface area contributed by atoms with Crippen LogP contribution in [-0.2, 0) is 0 Å². The van der Waals surface area contributed by atoms with E-state index in [1.165, 1.54) is 0 Å². The second-order valence-corrected chi connectivity index (χ2v) is 1.22. The summed E-state index contributed by atoms with van der Waals surface area (Å²) in [5.41, 5.74) is 14.5. The molecule has 0 atom stereocenters. The van der Waals surface area contributed by atoms with Crippen LogP contribution in [-0.4, -0.2) is 19.6 Å².